The molecular weight excluding hydrogens is 254 g/mol. The topological polar surface area (TPSA) is 77.2 Å². The lowest BCUT2D eigenvalue weighted by atomic mass is 10.00. The predicted octanol–water partition coefficient (Wildman–Crippen LogP) is 1.94. The van der Waals surface area contributed by atoms with E-state index in [1.165, 1.54) is 0 Å². The molecule has 1 aromatic heterocycles. The van der Waals surface area contributed by atoms with Crippen molar-refractivity contribution in [1.29, 1.82) is 0 Å². The van der Waals surface area contributed by atoms with Crippen LogP contribution >= 0.6 is 0 Å². The number of nitrogen functional groups attached to an aromatic ring is 1. The summed E-state index contributed by atoms with van der Waals surface area (Å²) in [5, 5.41) is 3.03. The quantitative estimate of drug-likeness (QED) is 0.881. The lowest BCUT2D eigenvalue weighted by Gasteiger charge is -2.19. The second-order valence-corrected chi connectivity index (χ2v) is 5.75. The number of nitrogens with two attached hydrogens (primary N) is 1. The van der Waals surface area contributed by atoms with Crippen molar-refractivity contribution in [3.05, 3.63) is 23.4 Å². The van der Waals surface area contributed by atoms with Crippen LogP contribution in [-0.2, 0) is 4.74 Å². The van der Waals surface area contributed by atoms with Crippen molar-refractivity contribution in [3.63, 3.8) is 0 Å². The Hall–Kier alpha value is -1.62. The number of carbonyl (C=O) groups excluding carboxylic acids is 1. The summed E-state index contributed by atoms with van der Waals surface area (Å²) in [7, 11) is 0. The fourth-order valence-electron chi connectivity index (χ4n) is 2.36. The number of carbonyl (C=O) groups is 1. The maximum Gasteiger partial charge on any atom is 0.251 e. The van der Waals surface area contributed by atoms with E-state index < -0.39 is 0 Å². The average Bonchev–Trinajstić information content (AvgIpc) is 2.91. The summed E-state index contributed by atoms with van der Waals surface area (Å²) < 4.78 is 5.35. The molecule has 1 aliphatic rings. The standard InChI is InChI=1S/C15H23N3O2/c1-9(2)13-6-12(7-14(16)18-13)15(19)17-10(3)11-4-5-20-8-11/h6-7,9-11H,4-5,8H2,1-3H3,(H2,16,18)(H,17,19). The molecular formula is C15H23N3O2. The molecule has 2 unspecified atom stereocenters. The van der Waals surface area contributed by atoms with E-state index in [-0.39, 0.29) is 17.9 Å². The molecule has 20 heavy (non-hydrogen) atoms. The molecule has 0 bridgehead atoms. The largest absolute Gasteiger partial charge is 0.384 e. The summed E-state index contributed by atoms with van der Waals surface area (Å²) in [5.41, 5.74) is 7.19. The molecule has 1 saturated heterocycles. The van der Waals surface area contributed by atoms with Crippen LogP contribution in [-0.4, -0.2) is 30.1 Å². The number of rotatable bonds is 4. The van der Waals surface area contributed by atoms with Gasteiger partial charge >= 0.3 is 0 Å². The van der Waals surface area contributed by atoms with Gasteiger partial charge in [-0.05, 0) is 31.4 Å². The molecule has 5 heteroatoms. The smallest absolute Gasteiger partial charge is 0.251 e. The highest BCUT2D eigenvalue weighted by Crippen LogP contribution is 2.19. The molecule has 0 aliphatic carbocycles. The van der Waals surface area contributed by atoms with E-state index in [0.29, 0.717) is 17.3 Å². The molecule has 2 heterocycles. The number of hydrogen-bond acceptors (Lipinski definition) is 4. The van der Waals surface area contributed by atoms with Crippen molar-refractivity contribution in [1.82, 2.24) is 10.3 Å². The lowest BCUT2D eigenvalue weighted by Crippen LogP contribution is -2.38. The Morgan fingerprint density at radius 2 is 2.20 bits per heavy atom. The van der Waals surface area contributed by atoms with Crippen molar-refractivity contribution >= 4 is 11.7 Å². The highest BCUT2D eigenvalue weighted by molar-refractivity contribution is 5.95. The zero-order valence-corrected chi connectivity index (χ0v) is 12.3. The Labute approximate surface area is 119 Å². The fraction of sp³-hybridized carbons (Fsp3) is 0.600. The van der Waals surface area contributed by atoms with Crippen LogP contribution in [0.2, 0.25) is 0 Å². The second-order valence-electron chi connectivity index (χ2n) is 5.75. The average molecular weight is 277 g/mol. The van der Waals surface area contributed by atoms with E-state index in [0.717, 1.165) is 25.3 Å². The van der Waals surface area contributed by atoms with E-state index in [2.05, 4.69) is 10.3 Å². The number of nitrogens with zero attached hydrogens (tertiary/aromatic N) is 1. The van der Waals surface area contributed by atoms with Crippen LogP contribution in [0.5, 0.6) is 0 Å². The van der Waals surface area contributed by atoms with Crippen LogP contribution in [0.1, 0.15) is 49.2 Å². The highest BCUT2D eigenvalue weighted by atomic mass is 16.5. The molecule has 0 radical (unpaired) electrons. The summed E-state index contributed by atoms with van der Waals surface area (Å²) in [6.07, 6.45) is 0.997. The number of hydrogen-bond donors (Lipinski definition) is 2. The van der Waals surface area contributed by atoms with Crippen LogP contribution in [0.25, 0.3) is 0 Å². The van der Waals surface area contributed by atoms with Gasteiger partial charge in [0.15, 0.2) is 0 Å². The number of nitrogens with one attached hydrogen (secondary N) is 1. The third-order valence-electron chi connectivity index (χ3n) is 3.75. The minimum absolute atomic E-state index is 0.0969. The molecule has 1 fully saturated rings. The molecule has 3 N–H and O–H groups in total. The maximum absolute atomic E-state index is 12.3. The number of aromatic nitrogens is 1. The van der Waals surface area contributed by atoms with Crippen LogP contribution in [0.3, 0.4) is 0 Å². The number of pyridine rings is 1. The van der Waals surface area contributed by atoms with E-state index in [1.54, 1.807) is 6.07 Å². The van der Waals surface area contributed by atoms with Gasteiger partial charge in [0.2, 0.25) is 0 Å². The van der Waals surface area contributed by atoms with Gasteiger partial charge in [-0.2, -0.15) is 0 Å². The third-order valence-corrected chi connectivity index (χ3v) is 3.75. The maximum atomic E-state index is 12.3. The van der Waals surface area contributed by atoms with Gasteiger partial charge in [0, 0.05) is 29.8 Å². The van der Waals surface area contributed by atoms with Crippen molar-refractivity contribution in [2.45, 2.75) is 39.2 Å². The number of amides is 1. The van der Waals surface area contributed by atoms with E-state index >= 15 is 0 Å². The number of ether oxygens (including phenoxy) is 1. The Kier molecular flexibility index (Phi) is 4.60. The monoisotopic (exact) mass is 277 g/mol. The van der Waals surface area contributed by atoms with E-state index in [4.69, 9.17) is 10.5 Å². The summed E-state index contributed by atoms with van der Waals surface area (Å²) in [5.74, 6) is 0.923. The van der Waals surface area contributed by atoms with Crippen molar-refractivity contribution < 1.29 is 9.53 Å². The summed E-state index contributed by atoms with van der Waals surface area (Å²) >= 11 is 0. The third kappa shape index (κ3) is 3.48. The molecule has 110 valence electrons. The van der Waals surface area contributed by atoms with E-state index in [9.17, 15) is 4.79 Å². The van der Waals surface area contributed by atoms with Crippen LogP contribution in [0, 0.1) is 5.92 Å². The first-order valence-electron chi connectivity index (χ1n) is 7.13. The Bertz CT molecular complexity index is 482. The highest BCUT2D eigenvalue weighted by Gasteiger charge is 2.24. The van der Waals surface area contributed by atoms with Crippen molar-refractivity contribution in [3.8, 4) is 0 Å². The van der Waals surface area contributed by atoms with Gasteiger partial charge in [-0.1, -0.05) is 13.8 Å². The van der Waals surface area contributed by atoms with Crippen LogP contribution in [0.15, 0.2) is 12.1 Å². The molecule has 2 rings (SSSR count). The molecule has 5 nitrogen and oxygen atoms in total. The van der Waals surface area contributed by atoms with Gasteiger partial charge in [-0.25, -0.2) is 4.98 Å². The summed E-state index contributed by atoms with van der Waals surface area (Å²) in [6, 6.07) is 3.54. The Morgan fingerprint density at radius 3 is 2.80 bits per heavy atom. The Balaban J connectivity index is 2.08. The van der Waals surface area contributed by atoms with Crippen molar-refractivity contribution in [2.75, 3.05) is 18.9 Å². The second kappa shape index (κ2) is 6.22. The van der Waals surface area contributed by atoms with Crippen molar-refractivity contribution in [2.24, 2.45) is 5.92 Å². The minimum Gasteiger partial charge on any atom is -0.384 e. The van der Waals surface area contributed by atoms with Crippen LogP contribution in [0.4, 0.5) is 5.82 Å². The number of anilines is 1. The van der Waals surface area contributed by atoms with Gasteiger partial charge in [0.05, 0.1) is 6.61 Å². The minimum atomic E-state index is -0.0969. The van der Waals surface area contributed by atoms with Gasteiger partial charge in [0.25, 0.3) is 5.91 Å². The molecule has 1 amide bonds. The fourth-order valence-corrected chi connectivity index (χ4v) is 2.36. The molecule has 1 aliphatic heterocycles. The first kappa shape index (κ1) is 14.8. The molecule has 0 spiro atoms. The zero-order valence-electron chi connectivity index (χ0n) is 12.3. The summed E-state index contributed by atoms with van der Waals surface area (Å²) in [4.78, 5) is 16.6. The lowest BCUT2D eigenvalue weighted by molar-refractivity contribution is 0.0922. The van der Waals surface area contributed by atoms with Crippen LogP contribution < -0.4 is 11.1 Å². The molecule has 0 saturated carbocycles. The Morgan fingerprint density at radius 1 is 1.45 bits per heavy atom. The first-order valence-corrected chi connectivity index (χ1v) is 7.13. The molecule has 0 aromatic carbocycles. The zero-order chi connectivity index (χ0) is 14.7. The predicted molar refractivity (Wildman–Crippen MR) is 78.6 cm³/mol. The van der Waals surface area contributed by atoms with Gasteiger partial charge in [-0.3, -0.25) is 4.79 Å². The normalized spacial score (nSPS) is 20.1. The van der Waals surface area contributed by atoms with Gasteiger partial charge < -0.3 is 15.8 Å². The van der Waals surface area contributed by atoms with E-state index in [1.807, 2.05) is 26.8 Å². The van der Waals surface area contributed by atoms with Gasteiger partial charge in [0.1, 0.15) is 5.82 Å². The molecule has 1 aromatic rings. The summed E-state index contributed by atoms with van der Waals surface area (Å²) in [6.45, 7) is 7.58. The SMILES string of the molecule is CC(C)c1cc(C(=O)NC(C)C2CCOC2)cc(N)n1. The van der Waals surface area contributed by atoms with Gasteiger partial charge in [-0.15, -0.1) is 0 Å². The first-order chi connectivity index (χ1) is 9.47. The molecule has 2 atom stereocenters.